The van der Waals surface area contributed by atoms with Crippen LogP contribution in [0.4, 0.5) is 5.82 Å². The first kappa shape index (κ1) is 21.3. The predicted molar refractivity (Wildman–Crippen MR) is 120 cm³/mol. The summed E-state index contributed by atoms with van der Waals surface area (Å²) in [6.45, 7) is 9.48. The standard InChI is InChI=1S/C22H26ClN7O/c1-11(7-24)29-8-15(9-29)18-12(2)17(23)6-16(20(18)31-5)14(4)30-22-19(13(3)28-30)21(25)26-10-27-22/h6,10-11,14-15H,8-9H2,1-5H3,(H2,25,26,27). The fourth-order valence-electron chi connectivity index (χ4n) is 4.46. The second-order valence-corrected chi connectivity index (χ2v) is 8.55. The molecule has 1 fully saturated rings. The minimum absolute atomic E-state index is 0.108. The zero-order valence-corrected chi connectivity index (χ0v) is 19.1. The van der Waals surface area contributed by atoms with Crippen molar-refractivity contribution >= 4 is 28.5 Å². The van der Waals surface area contributed by atoms with Crippen LogP contribution in [0.15, 0.2) is 12.4 Å². The van der Waals surface area contributed by atoms with Gasteiger partial charge in [0, 0.05) is 35.2 Å². The highest BCUT2D eigenvalue weighted by molar-refractivity contribution is 6.31. The molecule has 0 aliphatic carbocycles. The van der Waals surface area contributed by atoms with Crippen molar-refractivity contribution in [2.45, 2.75) is 45.7 Å². The third kappa shape index (κ3) is 3.38. The fraction of sp³-hybridized carbons (Fsp3) is 0.455. The van der Waals surface area contributed by atoms with Crippen LogP contribution in [0.3, 0.4) is 0 Å². The first-order valence-electron chi connectivity index (χ1n) is 10.2. The predicted octanol–water partition coefficient (Wildman–Crippen LogP) is 3.61. The van der Waals surface area contributed by atoms with Gasteiger partial charge in [0.15, 0.2) is 5.65 Å². The van der Waals surface area contributed by atoms with Crippen LogP contribution in [-0.2, 0) is 0 Å². The van der Waals surface area contributed by atoms with E-state index in [2.05, 4.69) is 20.9 Å². The summed E-state index contributed by atoms with van der Waals surface area (Å²) in [5.41, 5.74) is 10.6. The van der Waals surface area contributed by atoms with Crippen LogP contribution in [0, 0.1) is 25.2 Å². The number of ether oxygens (including phenoxy) is 1. The number of likely N-dealkylation sites (tertiary alicyclic amines) is 1. The molecule has 9 heteroatoms. The zero-order valence-electron chi connectivity index (χ0n) is 18.3. The molecular formula is C22H26ClN7O. The third-order valence-electron chi connectivity index (χ3n) is 6.32. The minimum Gasteiger partial charge on any atom is -0.496 e. The molecule has 8 nitrogen and oxygen atoms in total. The first-order valence-corrected chi connectivity index (χ1v) is 10.6. The number of benzene rings is 1. The number of nitrogen functional groups attached to an aromatic ring is 1. The van der Waals surface area contributed by atoms with Gasteiger partial charge in [-0.2, -0.15) is 10.4 Å². The maximum Gasteiger partial charge on any atom is 0.164 e. The quantitative estimate of drug-likeness (QED) is 0.647. The van der Waals surface area contributed by atoms with Crippen molar-refractivity contribution in [3.63, 3.8) is 0 Å². The molecule has 2 aromatic heterocycles. The molecule has 4 rings (SSSR count). The molecule has 162 valence electrons. The Hall–Kier alpha value is -2.89. The molecule has 1 aliphatic rings. The second-order valence-electron chi connectivity index (χ2n) is 8.14. The lowest BCUT2D eigenvalue weighted by atomic mass is 9.84. The number of aromatic nitrogens is 4. The lowest BCUT2D eigenvalue weighted by Crippen LogP contribution is -2.49. The molecule has 2 atom stereocenters. The summed E-state index contributed by atoms with van der Waals surface area (Å²) < 4.78 is 7.78. The van der Waals surface area contributed by atoms with E-state index < -0.39 is 0 Å². The van der Waals surface area contributed by atoms with E-state index in [1.807, 2.05) is 38.4 Å². The molecule has 0 bridgehead atoms. The zero-order chi connectivity index (χ0) is 22.4. The highest BCUT2D eigenvalue weighted by Crippen LogP contribution is 2.44. The molecule has 31 heavy (non-hydrogen) atoms. The summed E-state index contributed by atoms with van der Waals surface area (Å²) in [4.78, 5) is 10.7. The number of nitrogens with zero attached hydrogens (tertiary/aromatic N) is 6. The SMILES string of the molecule is COc1c(C(C)n2nc(C)c3c(N)ncnc32)cc(Cl)c(C)c1C1CN(C(C)C#N)C1. The van der Waals surface area contributed by atoms with E-state index in [4.69, 9.17) is 27.2 Å². The summed E-state index contributed by atoms with van der Waals surface area (Å²) in [6, 6.07) is 3.96. The van der Waals surface area contributed by atoms with E-state index in [1.54, 1.807) is 7.11 Å². The van der Waals surface area contributed by atoms with Crippen LogP contribution >= 0.6 is 11.6 Å². The summed E-state index contributed by atoms with van der Waals surface area (Å²) in [6.07, 6.45) is 1.45. The smallest absolute Gasteiger partial charge is 0.164 e. The minimum atomic E-state index is -0.188. The molecule has 1 saturated heterocycles. The topological polar surface area (TPSA) is 106 Å². The molecule has 2 unspecified atom stereocenters. The van der Waals surface area contributed by atoms with Crippen LogP contribution in [0.1, 0.15) is 48.2 Å². The molecular weight excluding hydrogens is 414 g/mol. The molecule has 2 N–H and O–H groups in total. The van der Waals surface area contributed by atoms with E-state index in [1.165, 1.54) is 6.33 Å². The second kappa shape index (κ2) is 7.98. The molecule has 0 saturated carbocycles. The number of hydrogen-bond donors (Lipinski definition) is 1. The van der Waals surface area contributed by atoms with E-state index in [0.717, 1.165) is 46.6 Å². The van der Waals surface area contributed by atoms with E-state index in [9.17, 15) is 5.26 Å². The Morgan fingerprint density at radius 3 is 2.65 bits per heavy atom. The fourth-order valence-corrected chi connectivity index (χ4v) is 4.68. The van der Waals surface area contributed by atoms with Crippen molar-refractivity contribution < 1.29 is 4.74 Å². The van der Waals surface area contributed by atoms with Crippen molar-refractivity contribution in [2.24, 2.45) is 0 Å². The summed E-state index contributed by atoms with van der Waals surface area (Å²) >= 11 is 6.68. The molecule has 0 amide bonds. The maximum absolute atomic E-state index is 9.21. The summed E-state index contributed by atoms with van der Waals surface area (Å²) in [7, 11) is 1.68. The Bertz CT molecular complexity index is 1190. The Kier molecular flexibility index (Phi) is 5.50. The molecule has 1 aliphatic heterocycles. The van der Waals surface area contributed by atoms with Crippen LogP contribution < -0.4 is 10.5 Å². The van der Waals surface area contributed by atoms with Gasteiger partial charge < -0.3 is 10.5 Å². The van der Waals surface area contributed by atoms with Crippen LogP contribution in [-0.4, -0.2) is 50.9 Å². The van der Waals surface area contributed by atoms with Crippen molar-refractivity contribution in [3.05, 3.63) is 39.8 Å². The van der Waals surface area contributed by atoms with Gasteiger partial charge in [-0.15, -0.1) is 0 Å². The molecule has 3 heterocycles. The van der Waals surface area contributed by atoms with Gasteiger partial charge in [0.25, 0.3) is 0 Å². The van der Waals surface area contributed by atoms with Gasteiger partial charge in [-0.1, -0.05) is 11.6 Å². The number of methoxy groups -OCH3 is 1. The van der Waals surface area contributed by atoms with Gasteiger partial charge >= 0.3 is 0 Å². The molecule has 1 aromatic carbocycles. The van der Waals surface area contributed by atoms with Gasteiger partial charge in [-0.25, -0.2) is 14.6 Å². The number of hydrogen-bond acceptors (Lipinski definition) is 7. The van der Waals surface area contributed by atoms with Crippen LogP contribution in [0.5, 0.6) is 5.75 Å². The number of fused-ring (bicyclic) bond motifs is 1. The Balaban J connectivity index is 1.81. The largest absolute Gasteiger partial charge is 0.496 e. The van der Waals surface area contributed by atoms with Crippen molar-refractivity contribution in [2.75, 3.05) is 25.9 Å². The summed E-state index contributed by atoms with van der Waals surface area (Å²) in [5.74, 6) is 1.48. The Labute approximate surface area is 186 Å². The van der Waals surface area contributed by atoms with Gasteiger partial charge in [-0.3, -0.25) is 4.90 Å². The number of rotatable bonds is 5. The molecule has 3 aromatic rings. The summed E-state index contributed by atoms with van der Waals surface area (Å²) in [5, 5.41) is 15.4. The highest BCUT2D eigenvalue weighted by Gasteiger charge is 2.36. The number of nitrogens with two attached hydrogens (primary N) is 1. The highest BCUT2D eigenvalue weighted by atomic mass is 35.5. The van der Waals surface area contributed by atoms with Crippen LogP contribution in [0.25, 0.3) is 11.0 Å². The van der Waals surface area contributed by atoms with E-state index in [0.29, 0.717) is 16.5 Å². The Morgan fingerprint density at radius 2 is 2.00 bits per heavy atom. The van der Waals surface area contributed by atoms with Gasteiger partial charge in [0.05, 0.1) is 36.3 Å². The van der Waals surface area contributed by atoms with Gasteiger partial charge in [0.1, 0.15) is 17.9 Å². The van der Waals surface area contributed by atoms with Gasteiger partial charge in [0.2, 0.25) is 0 Å². The Morgan fingerprint density at radius 1 is 1.29 bits per heavy atom. The lowest BCUT2D eigenvalue weighted by Gasteiger charge is -2.42. The van der Waals surface area contributed by atoms with Crippen molar-refractivity contribution in [3.8, 4) is 11.8 Å². The number of halogens is 1. The average Bonchev–Trinajstić information content (AvgIpc) is 3.06. The third-order valence-corrected chi connectivity index (χ3v) is 6.71. The maximum atomic E-state index is 9.21. The number of nitriles is 1. The lowest BCUT2D eigenvalue weighted by molar-refractivity contribution is 0.124. The van der Waals surface area contributed by atoms with E-state index in [-0.39, 0.29) is 18.0 Å². The van der Waals surface area contributed by atoms with E-state index >= 15 is 0 Å². The van der Waals surface area contributed by atoms with Gasteiger partial charge in [-0.05, 0) is 39.3 Å². The molecule has 0 spiro atoms. The van der Waals surface area contributed by atoms with Crippen molar-refractivity contribution in [1.29, 1.82) is 5.26 Å². The number of aryl methyl sites for hydroxylation is 1. The number of anilines is 1. The molecule has 0 radical (unpaired) electrons. The monoisotopic (exact) mass is 439 g/mol. The normalized spacial score (nSPS) is 16.7. The van der Waals surface area contributed by atoms with Crippen molar-refractivity contribution in [1.82, 2.24) is 24.6 Å². The van der Waals surface area contributed by atoms with Crippen LogP contribution in [0.2, 0.25) is 5.02 Å². The first-order chi connectivity index (χ1) is 14.8. The average molecular weight is 440 g/mol.